The van der Waals surface area contributed by atoms with Gasteiger partial charge in [0.05, 0.1) is 28.5 Å². The van der Waals surface area contributed by atoms with Crippen LogP contribution in [0.4, 0.5) is 11.5 Å². The highest BCUT2D eigenvalue weighted by atomic mass is 35.5. The van der Waals surface area contributed by atoms with Crippen molar-refractivity contribution in [2.45, 2.75) is 39.8 Å². The second-order valence-electron chi connectivity index (χ2n) is 8.65. The highest BCUT2D eigenvalue weighted by Gasteiger charge is 2.33. The third-order valence-electron chi connectivity index (χ3n) is 5.63. The second kappa shape index (κ2) is 9.68. The number of nitrogens with one attached hydrogen (secondary N) is 1. The molecule has 2 aromatic heterocycles. The van der Waals surface area contributed by atoms with E-state index in [1.807, 2.05) is 13.8 Å². The van der Waals surface area contributed by atoms with Crippen LogP contribution in [0.15, 0.2) is 30.6 Å². The fraction of sp³-hybridized carbons (Fsp3) is 0.280. The number of nitrogens with two attached hydrogens (primary N) is 1. The number of carbonyl (C=O) groups is 1. The van der Waals surface area contributed by atoms with Gasteiger partial charge >= 0.3 is 0 Å². The summed E-state index contributed by atoms with van der Waals surface area (Å²) in [4.78, 5) is 27.3. The highest BCUT2D eigenvalue weighted by molar-refractivity contribution is 6.30. The zero-order valence-corrected chi connectivity index (χ0v) is 20.3. The number of nitrogens with zero attached hydrogens (tertiary/aromatic N) is 5. The van der Waals surface area contributed by atoms with Crippen molar-refractivity contribution in [3.63, 3.8) is 0 Å². The Hall–Kier alpha value is -4.03. The van der Waals surface area contributed by atoms with E-state index in [0.29, 0.717) is 56.7 Å². The maximum absolute atomic E-state index is 12.9. The lowest BCUT2D eigenvalue weighted by molar-refractivity contribution is -0.125. The van der Waals surface area contributed by atoms with Crippen molar-refractivity contribution in [1.29, 1.82) is 10.7 Å². The normalized spacial score (nSPS) is 14.9. The smallest absolute Gasteiger partial charge is 0.268 e. The van der Waals surface area contributed by atoms with Crippen LogP contribution < -0.4 is 15.4 Å². The van der Waals surface area contributed by atoms with Crippen molar-refractivity contribution in [3.05, 3.63) is 58.3 Å². The SMILES string of the molecule is CC(C)Cc1nc(N)c(C=N)c(-c2ccc3c(c2)OC(C)C(=O)N3Cc2ncc(Cl)cn2)c1C#N. The lowest BCUT2D eigenvalue weighted by Crippen LogP contribution is -2.44. The van der Waals surface area contributed by atoms with E-state index in [0.717, 1.165) is 6.21 Å². The molecule has 1 aromatic carbocycles. The molecule has 4 rings (SSSR count). The first-order valence-electron chi connectivity index (χ1n) is 11.0. The van der Waals surface area contributed by atoms with Crippen LogP contribution in [0.2, 0.25) is 5.02 Å². The molecule has 10 heteroatoms. The zero-order chi connectivity index (χ0) is 25.3. The van der Waals surface area contributed by atoms with E-state index in [4.69, 9.17) is 27.5 Å². The fourth-order valence-electron chi connectivity index (χ4n) is 4.06. The third kappa shape index (κ3) is 4.66. The average molecular weight is 490 g/mol. The maximum Gasteiger partial charge on any atom is 0.268 e. The summed E-state index contributed by atoms with van der Waals surface area (Å²) in [7, 11) is 0. The molecule has 0 saturated carbocycles. The van der Waals surface area contributed by atoms with Crippen molar-refractivity contribution < 1.29 is 9.53 Å². The average Bonchev–Trinajstić information content (AvgIpc) is 2.82. The number of nitriles is 1. The Balaban J connectivity index is 1.84. The Labute approximate surface area is 208 Å². The third-order valence-corrected chi connectivity index (χ3v) is 5.82. The van der Waals surface area contributed by atoms with Gasteiger partial charge < -0.3 is 15.9 Å². The lowest BCUT2D eigenvalue weighted by atomic mass is 9.91. The Morgan fingerprint density at radius 3 is 2.69 bits per heavy atom. The summed E-state index contributed by atoms with van der Waals surface area (Å²) in [5.74, 6) is 1.12. The van der Waals surface area contributed by atoms with Crippen LogP contribution in [-0.4, -0.2) is 33.2 Å². The summed E-state index contributed by atoms with van der Waals surface area (Å²) in [5, 5.41) is 18.3. The van der Waals surface area contributed by atoms with Crippen LogP contribution >= 0.6 is 11.6 Å². The molecule has 1 aliphatic heterocycles. The van der Waals surface area contributed by atoms with Gasteiger partial charge in [-0.2, -0.15) is 5.26 Å². The number of nitrogen functional groups attached to an aromatic ring is 1. The number of anilines is 2. The van der Waals surface area contributed by atoms with Gasteiger partial charge in [-0.1, -0.05) is 31.5 Å². The summed E-state index contributed by atoms with van der Waals surface area (Å²) in [6.45, 7) is 5.88. The van der Waals surface area contributed by atoms with Gasteiger partial charge in [-0.25, -0.2) is 15.0 Å². The van der Waals surface area contributed by atoms with Crippen LogP contribution in [0, 0.1) is 22.7 Å². The molecule has 0 aliphatic carbocycles. The molecule has 0 bridgehead atoms. The van der Waals surface area contributed by atoms with Crippen molar-refractivity contribution in [1.82, 2.24) is 15.0 Å². The van der Waals surface area contributed by atoms with Gasteiger partial charge in [0.1, 0.15) is 23.5 Å². The minimum atomic E-state index is -0.735. The van der Waals surface area contributed by atoms with E-state index < -0.39 is 6.10 Å². The standard InChI is InChI=1S/C25H24ClN7O2/c1-13(2)6-19-17(8-27)23(18(9-28)24(29)32-19)15-4-5-20-21(7-15)35-14(3)25(34)33(20)12-22-30-10-16(26)11-31-22/h4-5,7,9-11,13-14,28H,6,12H2,1-3H3,(H2,29,32). The number of halogens is 1. The molecule has 178 valence electrons. The molecule has 3 heterocycles. The number of hydrogen-bond donors (Lipinski definition) is 2. The van der Waals surface area contributed by atoms with Crippen LogP contribution in [-0.2, 0) is 17.8 Å². The lowest BCUT2D eigenvalue weighted by Gasteiger charge is -2.33. The van der Waals surface area contributed by atoms with Gasteiger partial charge in [0.15, 0.2) is 6.10 Å². The van der Waals surface area contributed by atoms with Crippen molar-refractivity contribution >= 4 is 35.2 Å². The Morgan fingerprint density at radius 1 is 1.34 bits per heavy atom. The van der Waals surface area contributed by atoms with Gasteiger partial charge in [-0.3, -0.25) is 9.69 Å². The summed E-state index contributed by atoms with van der Waals surface area (Å²) in [6.07, 6.45) is 3.90. The number of amides is 1. The van der Waals surface area contributed by atoms with E-state index in [1.165, 1.54) is 12.4 Å². The van der Waals surface area contributed by atoms with Crippen LogP contribution in [0.3, 0.4) is 0 Å². The van der Waals surface area contributed by atoms with E-state index in [-0.39, 0.29) is 24.2 Å². The number of hydrogen-bond acceptors (Lipinski definition) is 8. The van der Waals surface area contributed by atoms with Crippen molar-refractivity contribution in [2.75, 3.05) is 10.6 Å². The number of benzene rings is 1. The molecule has 1 amide bonds. The summed E-state index contributed by atoms with van der Waals surface area (Å²) in [5.41, 5.74) is 9.22. The van der Waals surface area contributed by atoms with Gasteiger partial charge in [0.25, 0.3) is 5.91 Å². The Morgan fingerprint density at radius 2 is 2.06 bits per heavy atom. The van der Waals surface area contributed by atoms with E-state index >= 15 is 0 Å². The van der Waals surface area contributed by atoms with Gasteiger partial charge in [0.2, 0.25) is 0 Å². The molecule has 3 aromatic rings. The molecule has 9 nitrogen and oxygen atoms in total. The molecule has 0 fully saturated rings. The number of fused-ring (bicyclic) bond motifs is 1. The number of rotatable bonds is 6. The molecule has 0 saturated heterocycles. The Bertz CT molecular complexity index is 1350. The molecule has 0 radical (unpaired) electrons. The minimum absolute atomic E-state index is 0.145. The number of carbonyl (C=O) groups excluding carboxylic acids is 1. The quantitative estimate of drug-likeness (QED) is 0.495. The van der Waals surface area contributed by atoms with Gasteiger partial charge in [-0.05, 0) is 37.0 Å². The predicted molar refractivity (Wildman–Crippen MR) is 134 cm³/mol. The zero-order valence-electron chi connectivity index (χ0n) is 19.5. The predicted octanol–water partition coefficient (Wildman–Crippen LogP) is 4.16. The molecular formula is C25H24ClN7O2. The second-order valence-corrected chi connectivity index (χ2v) is 9.08. The van der Waals surface area contributed by atoms with Crippen molar-refractivity contribution in [3.8, 4) is 22.9 Å². The summed E-state index contributed by atoms with van der Waals surface area (Å²) in [6, 6.07) is 7.55. The fourth-order valence-corrected chi connectivity index (χ4v) is 4.16. The van der Waals surface area contributed by atoms with Gasteiger partial charge in [0, 0.05) is 29.7 Å². The number of ether oxygens (including phenoxy) is 1. The largest absolute Gasteiger partial charge is 0.479 e. The molecule has 1 aliphatic rings. The number of pyridine rings is 1. The van der Waals surface area contributed by atoms with Gasteiger partial charge in [-0.15, -0.1) is 0 Å². The van der Waals surface area contributed by atoms with E-state index in [2.05, 4.69) is 21.0 Å². The summed E-state index contributed by atoms with van der Waals surface area (Å²) >= 11 is 5.88. The van der Waals surface area contributed by atoms with Crippen LogP contribution in [0.1, 0.15) is 43.4 Å². The van der Waals surface area contributed by atoms with Crippen molar-refractivity contribution in [2.24, 2.45) is 5.92 Å². The topological polar surface area (TPSA) is 142 Å². The maximum atomic E-state index is 12.9. The first kappa shape index (κ1) is 24.1. The minimum Gasteiger partial charge on any atom is -0.479 e. The Kier molecular flexibility index (Phi) is 6.67. The van der Waals surface area contributed by atoms with Crippen LogP contribution in [0.5, 0.6) is 5.75 Å². The number of aromatic nitrogens is 3. The highest BCUT2D eigenvalue weighted by Crippen LogP contribution is 2.40. The molecule has 1 unspecified atom stereocenters. The molecule has 1 atom stereocenters. The molecule has 35 heavy (non-hydrogen) atoms. The molecule has 0 spiro atoms. The van der Waals surface area contributed by atoms with E-state index in [1.54, 1.807) is 30.0 Å². The first-order valence-corrected chi connectivity index (χ1v) is 11.4. The summed E-state index contributed by atoms with van der Waals surface area (Å²) < 4.78 is 5.93. The first-order chi connectivity index (χ1) is 16.7. The van der Waals surface area contributed by atoms with Crippen LogP contribution in [0.25, 0.3) is 11.1 Å². The van der Waals surface area contributed by atoms with E-state index in [9.17, 15) is 10.1 Å². The monoisotopic (exact) mass is 489 g/mol. The molecule has 3 N–H and O–H groups in total. The molecular weight excluding hydrogens is 466 g/mol.